The van der Waals surface area contributed by atoms with Crippen LogP contribution in [0.4, 0.5) is 0 Å². The fourth-order valence-electron chi connectivity index (χ4n) is 8.39. The van der Waals surface area contributed by atoms with Gasteiger partial charge in [0, 0.05) is 6.42 Å². The Balaban J connectivity index is 4.17. The summed E-state index contributed by atoms with van der Waals surface area (Å²) in [7, 11) is 1.31. The van der Waals surface area contributed by atoms with Crippen molar-refractivity contribution < 1.29 is 32.9 Å². The average molecular weight is 913 g/mol. The third kappa shape index (κ3) is 49.0. The molecule has 0 fully saturated rings. The molecule has 8 nitrogen and oxygen atoms in total. The lowest BCUT2D eigenvalue weighted by Gasteiger charge is -2.30. The number of phosphoric ester groups is 1. The van der Waals surface area contributed by atoms with Gasteiger partial charge in [0.05, 0.1) is 39.9 Å². The summed E-state index contributed by atoms with van der Waals surface area (Å²) in [6.45, 7) is 4.76. The number of nitrogens with zero attached hydrogens (tertiary/aromatic N) is 1. The minimum absolute atomic E-state index is 0.0139. The molecular formula is C54H109N2O6P. The maximum Gasteiger partial charge on any atom is 0.268 e. The first-order valence-electron chi connectivity index (χ1n) is 27.5. The molecular weight excluding hydrogens is 804 g/mol. The molecule has 0 saturated heterocycles. The van der Waals surface area contributed by atoms with Gasteiger partial charge in [0.25, 0.3) is 7.82 Å². The van der Waals surface area contributed by atoms with E-state index in [-0.39, 0.29) is 19.1 Å². The van der Waals surface area contributed by atoms with Gasteiger partial charge in [-0.1, -0.05) is 244 Å². The molecule has 0 saturated carbocycles. The van der Waals surface area contributed by atoms with E-state index in [2.05, 4.69) is 31.3 Å². The molecule has 63 heavy (non-hydrogen) atoms. The van der Waals surface area contributed by atoms with E-state index in [0.717, 1.165) is 38.5 Å². The van der Waals surface area contributed by atoms with Gasteiger partial charge in [-0.05, 0) is 38.5 Å². The van der Waals surface area contributed by atoms with Crippen molar-refractivity contribution in [2.75, 3.05) is 40.9 Å². The van der Waals surface area contributed by atoms with E-state index in [1.807, 2.05) is 21.1 Å². The van der Waals surface area contributed by atoms with Crippen molar-refractivity contribution in [3.63, 3.8) is 0 Å². The molecule has 0 aliphatic carbocycles. The Kier molecular flexibility index (Phi) is 45.8. The maximum absolute atomic E-state index is 13.0. The van der Waals surface area contributed by atoms with Crippen LogP contribution >= 0.6 is 7.82 Å². The van der Waals surface area contributed by atoms with Gasteiger partial charge in [-0.25, -0.2) is 0 Å². The standard InChI is InChI=1S/C54H109N2O6P/c1-6-8-10-12-14-16-18-20-22-24-25-26-27-28-29-30-32-34-36-38-40-42-44-46-48-54(58)55-52(51-62-63(59,60)61-50-49-56(3,4)5)53(57)47-45-43-41-39-37-35-33-31-23-21-19-17-15-13-11-9-7-2/h28-29,52-53,57H,6-27,30-51H2,1-5H3,(H-,55,58,59,60)/b29-28-. The quantitative estimate of drug-likeness (QED) is 0.0272. The van der Waals surface area contributed by atoms with Crippen molar-refractivity contribution in [3.05, 3.63) is 12.2 Å². The second-order valence-corrected chi connectivity index (χ2v) is 21.7. The lowest BCUT2D eigenvalue weighted by Crippen LogP contribution is -2.46. The third-order valence-corrected chi connectivity index (χ3v) is 13.7. The topological polar surface area (TPSA) is 108 Å². The van der Waals surface area contributed by atoms with Crippen LogP contribution < -0.4 is 10.2 Å². The number of unbranched alkanes of at least 4 members (excludes halogenated alkanes) is 36. The highest BCUT2D eigenvalue weighted by atomic mass is 31.2. The molecule has 0 heterocycles. The normalized spacial score (nSPS) is 14.1. The zero-order chi connectivity index (χ0) is 46.4. The van der Waals surface area contributed by atoms with Gasteiger partial charge in [-0.15, -0.1) is 0 Å². The first-order valence-corrected chi connectivity index (χ1v) is 29.0. The average Bonchev–Trinajstić information content (AvgIpc) is 3.24. The van der Waals surface area contributed by atoms with Crippen LogP contribution in [0, 0.1) is 0 Å². The highest BCUT2D eigenvalue weighted by molar-refractivity contribution is 7.45. The van der Waals surface area contributed by atoms with Crippen LogP contribution in [0.1, 0.15) is 277 Å². The molecule has 0 aliphatic heterocycles. The molecule has 0 rings (SSSR count). The van der Waals surface area contributed by atoms with E-state index in [0.29, 0.717) is 23.9 Å². The van der Waals surface area contributed by atoms with E-state index in [4.69, 9.17) is 9.05 Å². The molecule has 9 heteroatoms. The number of rotatable bonds is 51. The van der Waals surface area contributed by atoms with Crippen LogP contribution in [-0.2, 0) is 18.4 Å². The zero-order valence-corrected chi connectivity index (χ0v) is 43.7. The van der Waals surface area contributed by atoms with Gasteiger partial charge in [0.1, 0.15) is 13.2 Å². The van der Waals surface area contributed by atoms with Crippen molar-refractivity contribution >= 4 is 13.7 Å². The molecule has 376 valence electrons. The van der Waals surface area contributed by atoms with E-state index >= 15 is 0 Å². The highest BCUT2D eigenvalue weighted by Gasteiger charge is 2.24. The zero-order valence-electron chi connectivity index (χ0n) is 42.8. The SMILES string of the molecule is CCCCCCCCCCCCCC/C=C\CCCCCCCCCCC(=O)NC(COP(=O)([O-])OCC[N+](C)(C)C)C(O)CCCCCCCCCCCCCCCCCCC. The Morgan fingerprint density at radius 3 is 1.24 bits per heavy atom. The number of hydrogen-bond donors (Lipinski definition) is 2. The molecule has 0 aromatic heterocycles. The fourth-order valence-corrected chi connectivity index (χ4v) is 9.11. The molecule has 1 amide bonds. The number of hydrogen-bond acceptors (Lipinski definition) is 6. The summed E-state index contributed by atoms with van der Waals surface area (Å²) in [5, 5.41) is 14.0. The monoisotopic (exact) mass is 913 g/mol. The van der Waals surface area contributed by atoms with Crippen LogP contribution in [0.5, 0.6) is 0 Å². The Bertz CT molecular complexity index is 1040. The molecule has 0 radical (unpaired) electrons. The summed E-state index contributed by atoms with van der Waals surface area (Å²) in [5.74, 6) is -0.163. The van der Waals surface area contributed by atoms with Crippen LogP contribution in [0.2, 0.25) is 0 Å². The number of likely N-dealkylation sites (N-methyl/N-ethyl adjacent to an activating group) is 1. The van der Waals surface area contributed by atoms with E-state index in [9.17, 15) is 19.4 Å². The minimum Gasteiger partial charge on any atom is -0.756 e. The first-order chi connectivity index (χ1) is 30.5. The number of nitrogens with one attached hydrogen (secondary N) is 1. The van der Waals surface area contributed by atoms with Gasteiger partial charge < -0.3 is 28.8 Å². The summed E-state index contributed by atoms with van der Waals surface area (Å²) < 4.78 is 23.4. The summed E-state index contributed by atoms with van der Waals surface area (Å²) >= 11 is 0. The van der Waals surface area contributed by atoms with E-state index in [1.54, 1.807) is 0 Å². The van der Waals surface area contributed by atoms with Crippen molar-refractivity contribution in [2.24, 2.45) is 0 Å². The largest absolute Gasteiger partial charge is 0.756 e. The Morgan fingerprint density at radius 1 is 0.540 bits per heavy atom. The smallest absolute Gasteiger partial charge is 0.268 e. The summed E-state index contributed by atoms with van der Waals surface area (Å²) in [4.78, 5) is 25.5. The van der Waals surface area contributed by atoms with Crippen LogP contribution in [0.15, 0.2) is 12.2 Å². The van der Waals surface area contributed by atoms with E-state index in [1.165, 1.54) is 212 Å². The van der Waals surface area contributed by atoms with Gasteiger partial charge >= 0.3 is 0 Å². The summed E-state index contributed by atoms with van der Waals surface area (Å²) in [6, 6.07) is -0.799. The number of carbonyl (C=O) groups excluding carboxylic acids is 1. The number of amides is 1. The molecule has 3 unspecified atom stereocenters. The minimum atomic E-state index is -4.57. The number of quaternary nitrogens is 1. The number of allylic oxidation sites excluding steroid dienone is 2. The van der Waals surface area contributed by atoms with Gasteiger partial charge in [-0.2, -0.15) is 0 Å². The fraction of sp³-hybridized carbons (Fsp3) is 0.944. The van der Waals surface area contributed by atoms with Crippen molar-refractivity contribution in [3.8, 4) is 0 Å². The van der Waals surface area contributed by atoms with Crippen LogP contribution in [-0.4, -0.2) is 68.5 Å². The van der Waals surface area contributed by atoms with Gasteiger partial charge in [-0.3, -0.25) is 9.36 Å². The van der Waals surface area contributed by atoms with Crippen molar-refractivity contribution in [2.45, 2.75) is 289 Å². The number of carbonyl (C=O) groups is 1. The first kappa shape index (κ1) is 62.2. The number of aliphatic hydroxyl groups is 1. The third-order valence-electron chi connectivity index (χ3n) is 12.8. The Hall–Kier alpha value is -0.760. The number of phosphoric acid groups is 1. The second-order valence-electron chi connectivity index (χ2n) is 20.3. The van der Waals surface area contributed by atoms with Gasteiger partial charge in [0.2, 0.25) is 5.91 Å². The number of aliphatic hydroxyl groups excluding tert-OH is 1. The highest BCUT2D eigenvalue weighted by Crippen LogP contribution is 2.38. The van der Waals surface area contributed by atoms with Crippen LogP contribution in [0.3, 0.4) is 0 Å². The second kappa shape index (κ2) is 46.4. The van der Waals surface area contributed by atoms with Crippen molar-refractivity contribution in [1.29, 1.82) is 0 Å². The predicted molar refractivity (Wildman–Crippen MR) is 270 cm³/mol. The molecule has 2 N–H and O–H groups in total. The maximum atomic E-state index is 13.0. The van der Waals surface area contributed by atoms with Gasteiger partial charge in [0.15, 0.2) is 0 Å². The summed E-state index contributed by atoms with van der Waals surface area (Å²) in [6.07, 6.45) is 55.2. The lowest BCUT2D eigenvalue weighted by molar-refractivity contribution is -0.870. The molecule has 0 spiro atoms. The molecule has 0 aromatic rings. The summed E-state index contributed by atoms with van der Waals surface area (Å²) in [5.41, 5.74) is 0. The Labute approximate surface area is 392 Å². The lowest BCUT2D eigenvalue weighted by atomic mass is 10.0. The molecule has 3 atom stereocenters. The van der Waals surface area contributed by atoms with Crippen LogP contribution in [0.25, 0.3) is 0 Å². The molecule has 0 bridgehead atoms. The van der Waals surface area contributed by atoms with E-state index < -0.39 is 20.0 Å². The molecule has 0 aromatic carbocycles. The van der Waals surface area contributed by atoms with Crippen molar-refractivity contribution in [1.82, 2.24) is 5.32 Å². The molecule has 0 aliphatic rings. The Morgan fingerprint density at radius 2 is 0.873 bits per heavy atom. The predicted octanol–water partition coefficient (Wildman–Crippen LogP) is 15.6.